The molecule has 0 bridgehead atoms. The first-order valence-electron chi connectivity index (χ1n) is 7.49. The zero-order valence-electron chi connectivity index (χ0n) is 13.0. The fourth-order valence-corrected chi connectivity index (χ4v) is 2.55. The van der Waals surface area contributed by atoms with E-state index in [0.29, 0.717) is 13.2 Å². The van der Waals surface area contributed by atoms with Crippen molar-refractivity contribution >= 4 is 29.4 Å². The van der Waals surface area contributed by atoms with Crippen molar-refractivity contribution in [3.63, 3.8) is 0 Å². The van der Waals surface area contributed by atoms with Crippen molar-refractivity contribution in [1.29, 1.82) is 0 Å². The maximum Gasteiger partial charge on any atom is 0.297 e. The van der Waals surface area contributed by atoms with Crippen LogP contribution in [0.3, 0.4) is 0 Å². The Kier molecular flexibility index (Phi) is 6.10. The number of nitrogens with zero attached hydrogens (tertiary/aromatic N) is 1. The second kappa shape index (κ2) is 8.06. The molecule has 0 atom stereocenters. The highest BCUT2D eigenvalue weighted by Gasteiger charge is 2.33. The molecule has 1 aliphatic heterocycles. The first-order valence-corrected chi connectivity index (χ1v) is 7.90. The van der Waals surface area contributed by atoms with Crippen molar-refractivity contribution in [2.45, 2.75) is 26.2 Å². The highest BCUT2D eigenvalue weighted by molar-refractivity contribution is 7.80. The summed E-state index contributed by atoms with van der Waals surface area (Å²) in [5.74, 6) is 0.0809. The molecule has 1 heterocycles. The number of unbranched alkanes of at least 4 members (excludes halogenated alkanes) is 1. The van der Waals surface area contributed by atoms with Gasteiger partial charge in [-0.15, -0.1) is 0 Å². The van der Waals surface area contributed by atoms with E-state index in [0.717, 1.165) is 24.8 Å². The molecule has 0 spiro atoms. The number of hydrogen-bond acceptors (Lipinski definition) is 4. The molecule has 0 unspecified atom stereocenters. The Balaban J connectivity index is 2.19. The van der Waals surface area contributed by atoms with Crippen LogP contribution >= 0.6 is 12.2 Å². The van der Waals surface area contributed by atoms with Crippen LogP contribution in [0.15, 0.2) is 30.0 Å². The van der Waals surface area contributed by atoms with Crippen LogP contribution in [0.2, 0.25) is 0 Å². The van der Waals surface area contributed by atoms with E-state index in [1.54, 1.807) is 13.2 Å². The van der Waals surface area contributed by atoms with Gasteiger partial charge in [-0.3, -0.25) is 9.69 Å². The van der Waals surface area contributed by atoms with E-state index in [9.17, 15) is 4.79 Å². The number of aryl methyl sites for hydroxylation is 1. The number of benzene rings is 1. The number of thiocarbonyl (C=S) groups is 1. The van der Waals surface area contributed by atoms with Crippen LogP contribution in [-0.2, 0) is 20.7 Å². The number of carbonyl (C=O) groups is 1. The quantitative estimate of drug-likeness (QED) is 0.572. The molecule has 0 radical (unpaired) electrons. The molecule has 2 rings (SSSR count). The fourth-order valence-electron chi connectivity index (χ4n) is 2.29. The molecular formula is C17H21NO3S. The largest absolute Gasteiger partial charge is 0.426 e. The van der Waals surface area contributed by atoms with Gasteiger partial charge in [0, 0.05) is 7.11 Å². The first kappa shape index (κ1) is 16.6. The summed E-state index contributed by atoms with van der Waals surface area (Å²) in [5, 5.41) is 0.194. The normalized spacial score (nSPS) is 16.5. The Morgan fingerprint density at radius 2 is 2.14 bits per heavy atom. The number of carbonyl (C=O) groups excluding carboxylic acids is 1. The third-order valence-corrected chi connectivity index (χ3v) is 3.84. The predicted octanol–water partition coefficient (Wildman–Crippen LogP) is 3.16. The Labute approximate surface area is 136 Å². The Bertz CT molecular complexity index is 583. The van der Waals surface area contributed by atoms with Crippen LogP contribution < -0.4 is 0 Å². The molecule has 5 heteroatoms. The van der Waals surface area contributed by atoms with E-state index in [4.69, 9.17) is 21.7 Å². The third kappa shape index (κ3) is 3.93. The second-order valence-corrected chi connectivity index (χ2v) is 5.48. The number of ether oxygens (including phenoxy) is 2. The summed E-state index contributed by atoms with van der Waals surface area (Å²) in [4.78, 5) is 13.8. The molecule has 4 nitrogen and oxygen atoms in total. The van der Waals surface area contributed by atoms with E-state index in [1.807, 2.05) is 18.2 Å². The minimum atomic E-state index is -0.202. The second-order valence-electron chi connectivity index (χ2n) is 5.13. The van der Waals surface area contributed by atoms with Gasteiger partial charge in [0.05, 0.1) is 13.2 Å². The van der Waals surface area contributed by atoms with Crippen LogP contribution in [0, 0.1) is 0 Å². The van der Waals surface area contributed by atoms with Crippen molar-refractivity contribution in [1.82, 2.24) is 4.90 Å². The summed E-state index contributed by atoms with van der Waals surface area (Å²) in [6.07, 6.45) is 5.03. The molecule has 0 saturated carbocycles. The van der Waals surface area contributed by atoms with E-state index in [2.05, 4.69) is 13.0 Å². The lowest BCUT2D eigenvalue weighted by molar-refractivity contribution is -0.123. The van der Waals surface area contributed by atoms with Gasteiger partial charge >= 0.3 is 0 Å². The van der Waals surface area contributed by atoms with Gasteiger partial charge in [-0.1, -0.05) is 37.6 Å². The lowest BCUT2D eigenvalue weighted by atomic mass is 10.0. The Morgan fingerprint density at radius 3 is 2.86 bits per heavy atom. The van der Waals surface area contributed by atoms with Gasteiger partial charge in [0.25, 0.3) is 11.1 Å². The molecule has 22 heavy (non-hydrogen) atoms. The van der Waals surface area contributed by atoms with E-state index in [-0.39, 0.29) is 16.8 Å². The SMILES string of the molecule is CCCCc1ccccc1C=C1OC(=S)N(CCOC)C1=O. The standard InChI is InChI=1S/C17H21NO3S/c1-3-4-7-13-8-5-6-9-14(13)12-15-16(19)18(10-11-20-2)17(22)21-15/h5-6,8-9,12H,3-4,7,10-11H2,1-2H3. The fraction of sp³-hybridized carbons (Fsp3) is 0.412. The number of amides is 1. The average Bonchev–Trinajstić information content (AvgIpc) is 2.78. The molecular weight excluding hydrogens is 298 g/mol. The van der Waals surface area contributed by atoms with Crippen LogP contribution in [0.5, 0.6) is 0 Å². The third-order valence-electron chi connectivity index (χ3n) is 3.53. The molecule has 1 aromatic rings. The maximum absolute atomic E-state index is 12.3. The van der Waals surface area contributed by atoms with E-state index >= 15 is 0 Å². The summed E-state index contributed by atoms with van der Waals surface area (Å²) in [7, 11) is 1.59. The van der Waals surface area contributed by atoms with Crippen LogP contribution in [0.1, 0.15) is 30.9 Å². The van der Waals surface area contributed by atoms with Gasteiger partial charge in [-0.05, 0) is 42.3 Å². The zero-order valence-corrected chi connectivity index (χ0v) is 13.8. The number of rotatable bonds is 7. The van der Waals surface area contributed by atoms with Gasteiger partial charge in [-0.2, -0.15) is 0 Å². The molecule has 118 valence electrons. The molecule has 1 fully saturated rings. The number of methoxy groups -OCH3 is 1. The van der Waals surface area contributed by atoms with Gasteiger partial charge in [0.2, 0.25) is 0 Å². The van der Waals surface area contributed by atoms with E-state index in [1.165, 1.54) is 10.5 Å². The highest BCUT2D eigenvalue weighted by Crippen LogP contribution is 2.22. The monoisotopic (exact) mass is 319 g/mol. The van der Waals surface area contributed by atoms with Crippen molar-refractivity contribution in [2.75, 3.05) is 20.3 Å². The first-order chi connectivity index (χ1) is 10.7. The summed E-state index contributed by atoms with van der Waals surface area (Å²) in [6.45, 7) is 3.00. The van der Waals surface area contributed by atoms with E-state index < -0.39 is 0 Å². The van der Waals surface area contributed by atoms with Crippen LogP contribution in [0.4, 0.5) is 0 Å². The molecule has 1 saturated heterocycles. The summed E-state index contributed by atoms with van der Waals surface area (Å²) < 4.78 is 10.4. The topological polar surface area (TPSA) is 38.8 Å². The minimum absolute atomic E-state index is 0.194. The molecule has 0 N–H and O–H groups in total. The van der Waals surface area contributed by atoms with Crippen molar-refractivity contribution in [3.05, 3.63) is 41.2 Å². The molecule has 1 aromatic carbocycles. The molecule has 0 aromatic heterocycles. The highest BCUT2D eigenvalue weighted by atomic mass is 32.1. The molecule has 1 amide bonds. The van der Waals surface area contributed by atoms with Gasteiger partial charge in [0.15, 0.2) is 5.76 Å². The van der Waals surface area contributed by atoms with Crippen LogP contribution in [0.25, 0.3) is 6.08 Å². The van der Waals surface area contributed by atoms with Crippen molar-refractivity contribution < 1.29 is 14.3 Å². The summed E-state index contributed by atoms with van der Waals surface area (Å²) in [6, 6.07) is 8.06. The maximum atomic E-state index is 12.3. The lowest BCUT2D eigenvalue weighted by Crippen LogP contribution is -2.31. The smallest absolute Gasteiger partial charge is 0.297 e. The van der Waals surface area contributed by atoms with Crippen LogP contribution in [-0.4, -0.2) is 36.2 Å². The van der Waals surface area contributed by atoms with Gasteiger partial charge < -0.3 is 9.47 Å². The van der Waals surface area contributed by atoms with Gasteiger partial charge in [-0.25, -0.2) is 0 Å². The molecule has 0 aliphatic carbocycles. The summed E-state index contributed by atoms with van der Waals surface area (Å²) in [5.41, 5.74) is 2.23. The predicted molar refractivity (Wildman–Crippen MR) is 90.3 cm³/mol. The molecule has 1 aliphatic rings. The number of hydrogen-bond donors (Lipinski definition) is 0. The minimum Gasteiger partial charge on any atom is -0.426 e. The Hall–Kier alpha value is -1.72. The average molecular weight is 319 g/mol. The Morgan fingerprint density at radius 1 is 1.36 bits per heavy atom. The summed E-state index contributed by atoms with van der Waals surface area (Å²) >= 11 is 5.11. The van der Waals surface area contributed by atoms with Crippen molar-refractivity contribution in [3.8, 4) is 0 Å². The van der Waals surface area contributed by atoms with Crippen molar-refractivity contribution in [2.24, 2.45) is 0 Å². The van der Waals surface area contributed by atoms with Gasteiger partial charge in [0.1, 0.15) is 0 Å². The zero-order chi connectivity index (χ0) is 15.9. The lowest BCUT2D eigenvalue weighted by Gasteiger charge is -2.10.